The van der Waals surface area contributed by atoms with Crippen LogP contribution in [0.1, 0.15) is 82.2 Å². The van der Waals surface area contributed by atoms with Crippen molar-refractivity contribution in [1.82, 2.24) is 0 Å². The van der Waals surface area contributed by atoms with Gasteiger partial charge in [0.25, 0.3) is 0 Å². The molecule has 4 aromatic rings. The van der Waals surface area contributed by atoms with Gasteiger partial charge in [-0.05, 0) is 57.5 Å². The average molecular weight is 484 g/mol. The molecule has 7 rings (SSSR count). The molecule has 4 unspecified atom stereocenters. The third-order valence-corrected chi connectivity index (χ3v) is 8.43. The molecule has 2 radical (unpaired) electrons. The molecule has 186 valence electrons. The van der Waals surface area contributed by atoms with E-state index in [0.29, 0.717) is 11.8 Å². The lowest BCUT2D eigenvalue weighted by atomic mass is 9.65. The fraction of sp³-hybridized carbons (Fsp3) is 0.314. The summed E-state index contributed by atoms with van der Waals surface area (Å²) in [5.74, 6) is 1.77. The van der Waals surface area contributed by atoms with Crippen LogP contribution in [0.2, 0.25) is 0 Å². The Morgan fingerprint density at radius 3 is 2.08 bits per heavy atom. The molecule has 2 heteroatoms. The molecule has 0 aromatic heterocycles. The maximum Gasteiger partial charge on any atom is 0.137 e. The van der Waals surface area contributed by atoms with Crippen LogP contribution >= 0.6 is 0 Å². The molecular formula is C35H37BO. The van der Waals surface area contributed by atoms with Gasteiger partial charge in [-0.2, -0.15) is 0 Å². The van der Waals surface area contributed by atoms with Crippen molar-refractivity contribution < 1.29 is 4.74 Å². The Labute approximate surface area is 224 Å². The van der Waals surface area contributed by atoms with E-state index in [0.717, 1.165) is 11.1 Å². The first-order chi connectivity index (χ1) is 17.9. The van der Waals surface area contributed by atoms with Crippen molar-refractivity contribution in [1.29, 1.82) is 0 Å². The van der Waals surface area contributed by atoms with E-state index in [1.165, 1.54) is 44.3 Å². The topological polar surface area (TPSA) is 9.23 Å². The smallest absolute Gasteiger partial charge is 0.137 e. The summed E-state index contributed by atoms with van der Waals surface area (Å²) in [6, 6.07) is 26.7. The van der Waals surface area contributed by atoms with Crippen LogP contribution in [0.3, 0.4) is 0 Å². The molecule has 3 aliphatic rings. The van der Waals surface area contributed by atoms with Gasteiger partial charge in [0.05, 0.1) is 10.9 Å². The monoisotopic (exact) mass is 484 g/mol. The molecule has 4 aromatic carbocycles. The number of rotatable bonds is 0. The van der Waals surface area contributed by atoms with Gasteiger partial charge >= 0.3 is 0 Å². The highest BCUT2D eigenvalue weighted by atomic mass is 16.5. The first kappa shape index (κ1) is 25.4. The van der Waals surface area contributed by atoms with Crippen LogP contribution in [0.25, 0.3) is 28.0 Å². The lowest BCUT2D eigenvalue weighted by Crippen LogP contribution is -2.35. The normalized spacial score (nSPS) is 25.6. The van der Waals surface area contributed by atoms with Crippen LogP contribution < -0.4 is 4.74 Å². The number of benzene rings is 4. The van der Waals surface area contributed by atoms with Crippen molar-refractivity contribution >= 4 is 24.7 Å². The largest absolute Gasteiger partial charge is 0.492 e. The van der Waals surface area contributed by atoms with E-state index >= 15 is 0 Å². The summed E-state index contributed by atoms with van der Waals surface area (Å²) in [5, 5.41) is 2.37. The van der Waals surface area contributed by atoms with Gasteiger partial charge in [-0.3, -0.25) is 0 Å². The molecule has 0 saturated carbocycles. The van der Waals surface area contributed by atoms with E-state index in [9.17, 15) is 0 Å². The van der Waals surface area contributed by atoms with E-state index in [1.807, 2.05) is 40.7 Å². The number of ether oxygens (including phenoxy) is 1. The zero-order chi connectivity index (χ0) is 26.5. The van der Waals surface area contributed by atoms with Crippen LogP contribution in [0.4, 0.5) is 0 Å². The number of hydrogen-bond donors (Lipinski definition) is 0. The number of fused-ring (bicyclic) bond motifs is 12. The minimum Gasteiger partial charge on any atom is -0.492 e. The van der Waals surface area contributed by atoms with Gasteiger partial charge in [-0.15, -0.1) is 0 Å². The summed E-state index contributed by atoms with van der Waals surface area (Å²) >= 11 is 0. The Hall–Kier alpha value is -3.26. The lowest BCUT2D eigenvalue weighted by molar-refractivity contribution is 0.226. The molecule has 1 aliphatic heterocycles. The predicted molar refractivity (Wildman–Crippen MR) is 160 cm³/mol. The highest BCUT2D eigenvalue weighted by Crippen LogP contribution is 2.67. The van der Waals surface area contributed by atoms with Crippen molar-refractivity contribution in [3.63, 3.8) is 0 Å². The van der Waals surface area contributed by atoms with Crippen LogP contribution in [0.5, 0.6) is 5.75 Å². The van der Waals surface area contributed by atoms with Gasteiger partial charge in [0.2, 0.25) is 0 Å². The van der Waals surface area contributed by atoms with Crippen molar-refractivity contribution in [3.8, 4) is 16.9 Å². The summed E-state index contributed by atoms with van der Waals surface area (Å²) in [5.41, 5.74) is 8.52. The van der Waals surface area contributed by atoms with Crippen LogP contribution in [-0.4, -0.2) is 13.3 Å². The first-order valence-corrected chi connectivity index (χ1v) is 13.9. The second-order valence-corrected chi connectivity index (χ2v) is 10.2. The zero-order valence-electron chi connectivity index (χ0n) is 23.2. The Balaban J connectivity index is 0.000000670. The second-order valence-electron chi connectivity index (χ2n) is 10.2. The molecule has 4 atom stereocenters. The highest BCUT2D eigenvalue weighted by Gasteiger charge is 2.57. The van der Waals surface area contributed by atoms with Gasteiger partial charge in [-0.1, -0.05) is 126 Å². The average Bonchev–Trinajstić information content (AvgIpc) is 3.37. The summed E-state index contributed by atoms with van der Waals surface area (Å²) in [6.45, 7) is 14.7. The Morgan fingerprint density at radius 1 is 0.757 bits per heavy atom. The minimum absolute atomic E-state index is 0.216. The van der Waals surface area contributed by atoms with E-state index in [1.54, 1.807) is 0 Å². The van der Waals surface area contributed by atoms with Gasteiger partial charge in [-0.25, -0.2) is 0 Å². The molecule has 0 N–H and O–H groups in total. The quantitative estimate of drug-likeness (QED) is 0.226. The molecule has 0 bridgehead atoms. The maximum absolute atomic E-state index is 6.50. The van der Waals surface area contributed by atoms with Gasteiger partial charge in [0.15, 0.2) is 0 Å². The maximum atomic E-state index is 6.50. The standard InChI is InChI=1S/C31H25BO.2C2H6/c1-18-19(2)31(25-14-8-6-10-20(18)25)26-15-9-7-13-23(26)27-21-11-4-5-12-22(21)29-24(28(27)31)16-17-30(3,32)33-29;2*1-2/h4-19H,1-3H3;2*1-2H3. The second kappa shape index (κ2) is 9.24. The molecule has 1 spiro atoms. The molecule has 1 heterocycles. The van der Waals surface area contributed by atoms with E-state index in [4.69, 9.17) is 12.6 Å². The Kier molecular flexibility index (Phi) is 6.35. The molecule has 0 fully saturated rings. The predicted octanol–water partition coefficient (Wildman–Crippen LogP) is 9.25. The minimum atomic E-state index is -0.824. The van der Waals surface area contributed by atoms with Gasteiger partial charge < -0.3 is 4.74 Å². The summed E-state index contributed by atoms with van der Waals surface area (Å²) in [7, 11) is 6.47. The lowest BCUT2D eigenvalue weighted by Gasteiger charge is -2.38. The van der Waals surface area contributed by atoms with Crippen molar-refractivity contribution in [2.75, 3.05) is 0 Å². The molecule has 0 saturated heterocycles. The Morgan fingerprint density at radius 2 is 1.35 bits per heavy atom. The molecular weight excluding hydrogens is 447 g/mol. The van der Waals surface area contributed by atoms with Gasteiger partial charge in [0, 0.05) is 10.9 Å². The van der Waals surface area contributed by atoms with E-state index in [2.05, 4.69) is 92.7 Å². The van der Waals surface area contributed by atoms with E-state index < -0.39 is 5.50 Å². The van der Waals surface area contributed by atoms with E-state index in [-0.39, 0.29) is 5.41 Å². The third-order valence-electron chi connectivity index (χ3n) is 8.43. The molecule has 1 nitrogen and oxygen atoms in total. The summed E-state index contributed by atoms with van der Waals surface area (Å²) in [6.07, 6.45) is 4.23. The fourth-order valence-electron chi connectivity index (χ4n) is 6.96. The van der Waals surface area contributed by atoms with Crippen molar-refractivity contribution in [2.45, 2.75) is 65.3 Å². The van der Waals surface area contributed by atoms with Crippen molar-refractivity contribution in [3.05, 3.63) is 107 Å². The van der Waals surface area contributed by atoms with Crippen LogP contribution in [0.15, 0.2) is 78.9 Å². The zero-order valence-corrected chi connectivity index (χ0v) is 23.2. The third kappa shape index (κ3) is 3.31. The van der Waals surface area contributed by atoms with Crippen LogP contribution in [-0.2, 0) is 5.41 Å². The summed E-state index contributed by atoms with van der Waals surface area (Å²) in [4.78, 5) is 0. The molecule has 37 heavy (non-hydrogen) atoms. The van der Waals surface area contributed by atoms with Crippen LogP contribution in [0, 0.1) is 5.92 Å². The highest BCUT2D eigenvalue weighted by molar-refractivity contribution is 6.17. The Bertz CT molecular complexity index is 1510. The fourth-order valence-corrected chi connectivity index (χ4v) is 6.96. The SMILES string of the molecule is CC.CC.[B]C1(C)C=Cc2c3c(c4ccccc4c2O1)-c1ccccc1C31c2ccccc2C(C)C1C. The molecule has 2 aliphatic carbocycles. The summed E-state index contributed by atoms with van der Waals surface area (Å²) < 4.78 is 6.50. The van der Waals surface area contributed by atoms with Crippen molar-refractivity contribution in [2.24, 2.45) is 5.92 Å². The number of hydrogen-bond acceptors (Lipinski definition) is 1. The van der Waals surface area contributed by atoms with Gasteiger partial charge in [0.1, 0.15) is 13.6 Å². The molecule has 0 amide bonds. The first-order valence-electron chi connectivity index (χ1n) is 13.9.